The van der Waals surface area contributed by atoms with E-state index in [1.807, 2.05) is 0 Å². The number of carbonyl (C=O) groups excluding carboxylic acids is 2. The van der Waals surface area contributed by atoms with Crippen LogP contribution in [0.5, 0.6) is 28.7 Å². The van der Waals surface area contributed by atoms with Gasteiger partial charge in [0.05, 0.1) is 41.1 Å². The van der Waals surface area contributed by atoms with Crippen molar-refractivity contribution >= 4 is 28.6 Å². The molecule has 3 aromatic rings. The molecule has 0 bridgehead atoms. The molecule has 0 atom stereocenters. The first-order valence-corrected chi connectivity index (χ1v) is 9.37. The van der Waals surface area contributed by atoms with E-state index in [2.05, 4.69) is 10.1 Å². The number of phenols is 1. The van der Waals surface area contributed by atoms with E-state index in [4.69, 9.17) is 23.4 Å². The van der Waals surface area contributed by atoms with Crippen molar-refractivity contribution in [3.8, 4) is 28.7 Å². The van der Waals surface area contributed by atoms with Crippen molar-refractivity contribution in [2.45, 2.75) is 0 Å². The van der Waals surface area contributed by atoms with Gasteiger partial charge in [0.1, 0.15) is 6.54 Å². The zero-order chi connectivity index (χ0) is 23.4. The molecule has 0 aliphatic carbocycles. The molecule has 1 heterocycles. The molecule has 1 aromatic heterocycles. The molecule has 32 heavy (non-hydrogen) atoms. The number of hydrogen-bond donors (Lipinski definition) is 2. The summed E-state index contributed by atoms with van der Waals surface area (Å²) in [6.45, 7) is -0.260. The van der Waals surface area contributed by atoms with Crippen molar-refractivity contribution in [1.82, 2.24) is 0 Å². The van der Waals surface area contributed by atoms with Crippen LogP contribution in [-0.4, -0.2) is 59.0 Å². The minimum absolute atomic E-state index is 0.0206. The van der Waals surface area contributed by atoms with Crippen LogP contribution in [0.25, 0.3) is 11.0 Å². The van der Waals surface area contributed by atoms with Crippen LogP contribution in [0.1, 0.15) is 15.9 Å². The van der Waals surface area contributed by atoms with Gasteiger partial charge in [-0.3, -0.25) is 9.59 Å². The summed E-state index contributed by atoms with van der Waals surface area (Å²) >= 11 is 0. The van der Waals surface area contributed by atoms with E-state index in [1.54, 1.807) is 6.07 Å². The summed E-state index contributed by atoms with van der Waals surface area (Å²) in [5.74, 6) is -0.276. The highest BCUT2D eigenvalue weighted by molar-refractivity contribution is 6.20. The van der Waals surface area contributed by atoms with Crippen molar-refractivity contribution in [1.29, 1.82) is 0 Å². The summed E-state index contributed by atoms with van der Waals surface area (Å²) in [7, 11) is 6.96. The fourth-order valence-electron chi connectivity index (χ4n) is 3.22. The smallest absolute Gasteiger partial charge is 0.325 e. The molecule has 0 spiro atoms. The maximum absolute atomic E-state index is 13.6. The highest BCUT2D eigenvalue weighted by atomic mass is 16.5. The van der Waals surface area contributed by atoms with Crippen molar-refractivity contribution in [2.75, 3.05) is 47.4 Å². The SMILES string of the molecule is COC(=O)CNc1oc2c(O)c(OC)ccc2c1C(=O)c1cc(OC)c(OC)c(OC)c1. The maximum atomic E-state index is 13.6. The Morgan fingerprint density at radius 3 is 2.09 bits per heavy atom. The van der Waals surface area contributed by atoms with Gasteiger partial charge in [0.15, 0.2) is 28.6 Å². The van der Waals surface area contributed by atoms with Gasteiger partial charge in [0.25, 0.3) is 0 Å². The topological polar surface area (TPSA) is 126 Å². The van der Waals surface area contributed by atoms with Gasteiger partial charge in [-0.05, 0) is 24.3 Å². The summed E-state index contributed by atoms with van der Waals surface area (Å²) in [5, 5.41) is 13.6. The molecule has 0 saturated carbocycles. The largest absolute Gasteiger partial charge is 0.502 e. The normalized spacial score (nSPS) is 10.5. The first kappa shape index (κ1) is 22.6. The Morgan fingerprint density at radius 2 is 1.56 bits per heavy atom. The zero-order valence-electron chi connectivity index (χ0n) is 18.2. The van der Waals surface area contributed by atoms with Crippen LogP contribution < -0.4 is 24.3 Å². The standard InChI is InChI=1S/C22H23NO9/c1-27-13-7-6-12-17(22(23-10-16(24)30-4)32-20(12)19(13)26)18(25)11-8-14(28-2)21(31-5)15(9-11)29-3/h6-9,23,26H,10H2,1-5H3. The number of methoxy groups -OCH3 is 5. The van der Waals surface area contributed by atoms with Gasteiger partial charge >= 0.3 is 5.97 Å². The summed E-state index contributed by atoms with van der Waals surface area (Å²) in [6, 6.07) is 6.07. The third kappa shape index (κ3) is 3.94. The maximum Gasteiger partial charge on any atom is 0.325 e. The van der Waals surface area contributed by atoms with Gasteiger partial charge in [-0.15, -0.1) is 0 Å². The van der Waals surface area contributed by atoms with Crippen molar-refractivity contribution in [3.05, 3.63) is 35.4 Å². The number of anilines is 1. The highest BCUT2D eigenvalue weighted by Crippen LogP contribution is 2.43. The Bertz CT molecular complexity index is 1140. The molecule has 2 aromatic carbocycles. The van der Waals surface area contributed by atoms with Crippen LogP contribution >= 0.6 is 0 Å². The molecule has 0 unspecified atom stereocenters. The second-order valence-corrected chi connectivity index (χ2v) is 6.47. The van der Waals surface area contributed by atoms with Gasteiger partial charge in [0.2, 0.25) is 17.4 Å². The van der Waals surface area contributed by atoms with E-state index in [1.165, 1.54) is 53.7 Å². The van der Waals surface area contributed by atoms with Crippen LogP contribution in [0.2, 0.25) is 0 Å². The van der Waals surface area contributed by atoms with Gasteiger partial charge in [-0.1, -0.05) is 0 Å². The Morgan fingerprint density at radius 1 is 0.938 bits per heavy atom. The van der Waals surface area contributed by atoms with E-state index in [0.29, 0.717) is 11.1 Å². The molecule has 0 aliphatic heterocycles. The number of rotatable bonds is 9. The molecule has 10 nitrogen and oxygen atoms in total. The number of carbonyl (C=O) groups is 2. The molecule has 10 heteroatoms. The zero-order valence-corrected chi connectivity index (χ0v) is 18.2. The Hall–Kier alpha value is -4.08. The van der Waals surface area contributed by atoms with Crippen molar-refractivity contribution in [3.63, 3.8) is 0 Å². The first-order valence-electron chi connectivity index (χ1n) is 9.37. The summed E-state index contributed by atoms with van der Waals surface area (Å²) in [4.78, 5) is 25.2. The molecular formula is C22H23NO9. The Kier molecular flexibility index (Phi) is 6.62. The molecule has 3 rings (SSSR count). The molecule has 0 aliphatic rings. The minimum Gasteiger partial charge on any atom is -0.502 e. The number of nitrogens with one attached hydrogen (secondary N) is 1. The number of furan rings is 1. The lowest BCUT2D eigenvalue weighted by Gasteiger charge is -2.14. The summed E-state index contributed by atoms with van der Waals surface area (Å²) < 4.78 is 31.4. The molecule has 170 valence electrons. The number of esters is 1. The van der Waals surface area contributed by atoms with Gasteiger partial charge < -0.3 is 38.5 Å². The Labute approximate surface area is 183 Å². The van der Waals surface area contributed by atoms with Crippen molar-refractivity contribution < 1.29 is 42.8 Å². The lowest BCUT2D eigenvalue weighted by molar-refractivity contribution is -0.138. The highest BCUT2D eigenvalue weighted by Gasteiger charge is 2.27. The third-order valence-electron chi connectivity index (χ3n) is 4.79. The van der Waals surface area contributed by atoms with Gasteiger partial charge in [-0.25, -0.2) is 0 Å². The average molecular weight is 445 g/mol. The number of aromatic hydroxyl groups is 1. The monoisotopic (exact) mass is 445 g/mol. The number of ether oxygens (including phenoxy) is 5. The molecule has 0 amide bonds. The molecule has 0 saturated heterocycles. The molecule has 0 fully saturated rings. The van der Waals surface area contributed by atoms with E-state index < -0.39 is 11.8 Å². The van der Waals surface area contributed by atoms with Crippen LogP contribution in [0.3, 0.4) is 0 Å². The van der Waals surface area contributed by atoms with Gasteiger partial charge in [-0.2, -0.15) is 0 Å². The summed E-state index contributed by atoms with van der Waals surface area (Å²) in [6.07, 6.45) is 0. The number of fused-ring (bicyclic) bond motifs is 1. The minimum atomic E-state index is -0.571. The van der Waals surface area contributed by atoms with Crippen LogP contribution in [0.15, 0.2) is 28.7 Å². The van der Waals surface area contributed by atoms with Gasteiger partial charge in [0, 0.05) is 10.9 Å². The quantitative estimate of drug-likeness (QED) is 0.375. The lowest BCUT2D eigenvalue weighted by atomic mass is 10.0. The van der Waals surface area contributed by atoms with E-state index in [0.717, 1.165) is 0 Å². The number of hydrogen-bond acceptors (Lipinski definition) is 10. The van der Waals surface area contributed by atoms with Crippen molar-refractivity contribution in [2.24, 2.45) is 0 Å². The van der Waals surface area contributed by atoms with E-state index in [9.17, 15) is 14.7 Å². The number of benzene rings is 2. The molecule has 2 N–H and O–H groups in total. The fourth-order valence-corrected chi connectivity index (χ4v) is 3.22. The fraction of sp³-hybridized carbons (Fsp3) is 0.273. The second-order valence-electron chi connectivity index (χ2n) is 6.47. The average Bonchev–Trinajstić information content (AvgIpc) is 3.20. The summed E-state index contributed by atoms with van der Waals surface area (Å²) in [5.41, 5.74) is 0.322. The van der Waals surface area contributed by atoms with Crippen LogP contribution in [0.4, 0.5) is 5.88 Å². The molecule has 0 radical (unpaired) electrons. The third-order valence-corrected chi connectivity index (χ3v) is 4.79. The van der Waals surface area contributed by atoms with Crippen LogP contribution in [-0.2, 0) is 9.53 Å². The van der Waals surface area contributed by atoms with E-state index in [-0.39, 0.29) is 52.1 Å². The number of phenolic OH excluding ortho intramolecular Hbond substituents is 1. The lowest BCUT2D eigenvalue weighted by Crippen LogP contribution is -2.16. The molecular weight excluding hydrogens is 422 g/mol. The number of ketones is 1. The van der Waals surface area contributed by atoms with Crippen LogP contribution in [0, 0.1) is 0 Å². The predicted molar refractivity (Wildman–Crippen MR) is 114 cm³/mol. The predicted octanol–water partition coefficient (Wildman–Crippen LogP) is 2.99. The Balaban J connectivity index is 2.20. The first-order chi connectivity index (χ1) is 15.4. The second kappa shape index (κ2) is 9.38. The van der Waals surface area contributed by atoms with E-state index >= 15 is 0 Å².